The van der Waals surface area contributed by atoms with Gasteiger partial charge in [-0.3, -0.25) is 0 Å². The van der Waals surface area contributed by atoms with Crippen molar-refractivity contribution in [1.29, 1.82) is 0 Å². The van der Waals surface area contributed by atoms with Gasteiger partial charge in [-0.05, 0) is 64.3 Å². The van der Waals surface area contributed by atoms with Crippen LogP contribution in [0.2, 0.25) is 5.02 Å². The van der Waals surface area contributed by atoms with Crippen LogP contribution < -0.4 is 10.4 Å². The number of ether oxygens (including phenoxy) is 2. The SMILES string of the molecule is C/C(=C\COc1ccc2c(C)c(Cl)c(=O)oc2c1)CCC1OC1(C)C. The summed E-state index contributed by atoms with van der Waals surface area (Å²) < 4.78 is 16.6. The van der Waals surface area contributed by atoms with Gasteiger partial charge in [-0.2, -0.15) is 0 Å². The van der Waals surface area contributed by atoms with Gasteiger partial charge in [0, 0.05) is 11.5 Å². The van der Waals surface area contributed by atoms with Crippen LogP contribution in [0.5, 0.6) is 5.75 Å². The molecule has 0 aliphatic carbocycles. The molecule has 0 amide bonds. The largest absolute Gasteiger partial charge is 0.489 e. The summed E-state index contributed by atoms with van der Waals surface area (Å²) in [4.78, 5) is 11.7. The highest BCUT2D eigenvalue weighted by molar-refractivity contribution is 6.31. The lowest BCUT2D eigenvalue weighted by Crippen LogP contribution is -2.03. The molecule has 1 aromatic heterocycles. The molecule has 0 N–H and O–H groups in total. The van der Waals surface area contributed by atoms with Crippen LogP contribution in [-0.2, 0) is 4.74 Å². The van der Waals surface area contributed by atoms with Crippen molar-refractivity contribution in [3.63, 3.8) is 0 Å². The molecular formula is C20H23ClO4. The van der Waals surface area contributed by atoms with Crippen molar-refractivity contribution >= 4 is 22.6 Å². The summed E-state index contributed by atoms with van der Waals surface area (Å²) in [6, 6.07) is 5.44. The topological polar surface area (TPSA) is 52.0 Å². The standard InChI is InChI=1S/C20H23ClO4/c1-12(5-8-17-20(3,4)25-17)9-10-23-14-6-7-15-13(2)18(21)19(22)24-16(15)11-14/h6-7,9,11,17H,5,8,10H2,1-4H3/b12-9+. The van der Waals surface area contributed by atoms with Gasteiger partial charge in [0.1, 0.15) is 23.0 Å². The van der Waals surface area contributed by atoms with Crippen molar-refractivity contribution in [2.45, 2.75) is 52.2 Å². The fourth-order valence-corrected chi connectivity index (χ4v) is 3.02. The van der Waals surface area contributed by atoms with Gasteiger partial charge in [0.2, 0.25) is 0 Å². The maximum absolute atomic E-state index is 11.7. The lowest BCUT2D eigenvalue weighted by Gasteiger charge is -2.07. The number of halogens is 1. The molecule has 0 spiro atoms. The maximum Gasteiger partial charge on any atom is 0.355 e. The monoisotopic (exact) mass is 362 g/mol. The summed E-state index contributed by atoms with van der Waals surface area (Å²) in [6.45, 7) is 8.62. The molecule has 1 aromatic carbocycles. The summed E-state index contributed by atoms with van der Waals surface area (Å²) in [5.74, 6) is 0.660. The number of rotatable bonds is 6. The molecule has 1 aliphatic heterocycles. The van der Waals surface area contributed by atoms with E-state index in [2.05, 4.69) is 26.8 Å². The quantitative estimate of drug-likeness (QED) is 0.410. The molecule has 1 fully saturated rings. The van der Waals surface area contributed by atoms with Crippen molar-refractivity contribution in [3.8, 4) is 5.75 Å². The number of aryl methyl sites for hydroxylation is 1. The summed E-state index contributed by atoms with van der Waals surface area (Å²) in [7, 11) is 0. The number of hydrogen-bond donors (Lipinski definition) is 0. The number of fused-ring (bicyclic) bond motifs is 1. The minimum Gasteiger partial charge on any atom is -0.489 e. The predicted molar refractivity (Wildman–Crippen MR) is 99.7 cm³/mol. The minimum atomic E-state index is -0.523. The highest BCUT2D eigenvalue weighted by atomic mass is 35.5. The molecule has 1 atom stereocenters. The fraction of sp³-hybridized carbons (Fsp3) is 0.450. The Bertz CT molecular complexity index is 879. The molecule has 0 saturated carbocycles. The van der Waals surface area contributed by atoms with Crippen LogP contribution in [0.3, 0.4) is 0 Å². The molecule has 1 saturated heterocycles. The Balaban J connectivity index is 1.60. The molecule has 2 aromatic rings. The van der Waals surface area contributed by atoms with Crippen LogP contribution in [0.25, 0.3) is 11.0 Å². The molecule has 1 unspecified atom stereocenters. The van der Waals surface area contributed by atoms with Gasteiger partial charge in [-0.15, -0.1) is 0 Å². The minimum absolute atomic E-state index is 0.0484. The van der Waals surface area contributed by atoms with E-state index in [-0.39, 0.29) is 10.6 Å². The van der Waals surface area contributed by atoms with Crippen molar-refractivity contribution in [1.82, 2.24) is 0 Å². The lowest BCUT2D eigenvalue weighted by molar-refractivity contribution is 0.320. The zero-order chi connectivity index (χ0) is 18.2. The van der Waals surface area contributed by atoms with Crippen LogP contribution in [0, 0.1) is 6.92 Å². The number of epoxide rings is 1. The molecule has 25 heavy (non-hydrogen) atoms. The molecule has 3 rings (SSSR count). The number of allylic oxidation sites excluding steroid dienone is 1. The van der Waals surface area contributed by atoms with E-state index in [0.29, 0.717) is 24.0 Å². The summed E-state index contributed by atoms with van der Waals surface area (Å²) in [5, 5.41) is 0.943. The van der Waals surface area contributed by atoms with E-state index in [1.165, 1.54) is 5.57 Å². The Kier molecular flexibility index (Phi) is 4.94. The van der Waals surface area contributed by atoms with Gasteiger partial charge in [-0.25, -0.2) is 4.79 Å². The Labute approximate surface area is 152 Å². The van der Waals surface area contributed by atoms with Gasteiger partial charge in [0.15, 0.2) is 0 Å². The molecular weight excluding hydrogens is 340 g/mol. The highest BCUT2D eigenvalue weighted by Gasteiger charge is 2.46. The van der Waals surface area contributed by atoms with Gasteiger partial charge in [-0.1, -0.05) is 17.2 Å². The second-order valence-corrected chi connectivity index (χ2v) is 7.47. The summed E-state index contributed by atoms with van der Waals surface area (Å²) in [5.41, 5.74) is 2.01. The summed E-state index contributed by atoms with van der Waals surface area (Å²) in [6.07, 6.45) is 4.48. The van der Waals surface area contributed by atoms with E-state index in [1.807, 2.05) is 12.1 Å². The van der Waals surface area contributed by atoms with Crippen molar-refractivity contribution < 1.29 is 13.9 Å². The van der Waals surface area contributed by atoms with Crippen molar-refractivity contribution in [2.24, 2.45) is 0 Å². The Hall–Kier alpha value is -1.78. The van der Waals surface area contributed by atoms with E-state index >= 15 is 0 Å². The van der Waals surface area contributed by atoms with E-state index in [0.717, 1.165) is 23.8 Å². The highest BCUT2D eigenvalue weighted by Crippen LogP contribution is 2.38. The third-order valence-corrected chi connectivity index (χ3v) is 5.15. The third kappa shape index (κ3) is 4.07. The van der Waals surface area contributed by atoms with Gasteiger partial charge >= 0.3 is 5.63 Å². The van der Waals surface area contributed by atoms with E-state index in [9.17, 15) is 4.79 Å². The van der Waals surface area contributed by atoms with Crippen LogP contribution in [0.4, 0.5) is 0 Å². The average Bonchev–Trinajstić information content (AvgIpc) is 3.17. The van der Waals surface area contributed by atoms with Crippen molar-refractivity contribution in [3.05, 3.63) is 50.9 Å². The van der Waals surface area contributed by atoms with Gasteiger partial charge in [0.25, 0.3) is 0 Å². The van der Waals surface area contributed by atoms with E-state index in [1.54, 1.807) is 13.0 Å². The second-order valence-electron chi connectivity index (χ2n) is 7.10. The first-order valence-electron chi connectivity index (χ1n) is 8.47. The maximum atomic E-state index is 11.7. The van der Waals surface area contributed by atoms with Crippen molar-refractivity contribution in [2.75, 3.05) is 6.61 Å². The average molecular weight is 363 g/mol. The molecule has 4 nitrogen and oxygen atoms in total. The first-order chi connectivity index (χ1) is 11.8. The fourth-order valence-electron chi connectivity index (χ4n) is 2.88. The van der Waals surface area contributed by atoms with E-state index in [4.69, 9.17) is 25.5 Å². The number of hydrogen-bond acceptors (Lipinski definition) is 4. The Morgan fingerprint density at radius 2 is 2.12 bits per heavy atom. The molecule has 0 radical (unpaired) electrons. The Morgan fingerprint density at radius 1 is 1.40 bits per heavy atom. The first kappa shape index (κ1) is 18.0. The Morgan fingerprint density at radius 3 is 2.80 bits per heavy atom. The lowest BCUT2D eigenvalue weighted by atomic mass is 10.0. The third-order valence-electron chi connectivity index (χ3n) is 4.72. The summed E-state index contributed by atoms with van der Waals surface area (Å²) >= 11 is 5.93. The molecule has 5 heteroatoms. The van der Waals surface area contributed by atoms with Crippen LogP contribution in [0.1, 0.15) is 39.2 Å². The van der Waals surface area contributed by atoms with Crippen LogP contribution in [-0.4, -0.2) is 18.3 Å². The predicted octanol–water partition coefficient (Wildman–Crippen LogP) is 5.04. The smallest absolute Gasteiger partial charge is 0.355 e. The zero-order valence-corrected chi connectivity index (χ0v) is 15.8. The second kappa shape index (κ2) is 6.85. The van der Waals surface area contributed by atoms with E-state index < -0.39 is 5.63 Å². The van der Waals surface area contributed by atoms with Crippen LogP contribution in [0.15, 0.2) is 39.1 Å². The van der Waals surface area contributed by atoms with Crippen LogP contribution >= 0.6 is 11.6 Å². The van der Waals surface area contributed by atoms with Gasteiger partial charge < -0.3 is 13.9 Å². The molecule has 134 valence electrons. The number of benzene rings is 1. The molecule has 2 heterocycles. The van der Waals surface area contributed by atoms with Gasteiger partial charge in [0.05, 0.1) is 11.7 Å². The normalized spacial score (nSPS) is 19.2. The zero-order valence-electron chi connectivity index (χ0n) is 15.0. The molecule has 1 aliphatic rings. The first-order valence-corrected chi connectivity index (χ1v) is 8.85. The molecule has 0 bridgehead atoms.